The maximum Gasteiger partial charge on any atom is 0.262 e. The van der Waals surface area contributed by atoms with Gasteiger partial charge in [0, 0.05) is 20.3 Å². The molecule has 0 spiro atoms. The van der Waals surface area contributed by atoms with Crippen LogP contribution in [0, 0.1) is 13.8 Å². The molecule has 27 heavy (non-hydrogen) atoms. The molecule has 2 aromatic carbocycles. The van der Waals surface area contributed by atoms with E-state index in [-0.39, 0.29) is 18.4 Å². The SMILES string of the molecule is COCCCNC(=O)c1ccccc1NC(=O)COc1ccc(C)cc1C. The van der Waals surface area contributed by atoms with Crippen molar-refractivity contribution in [2.24, 2.45) is 0 Å². The first-order valence-corrected chi connectivity index (χ1v) is 8.87. The Kier molecular flexibility index (Phi) is 7.82. The molecule has 2 amide bonds. The Labute approximate surface area is 159 Å². The third kappa shape index (κ3) is 6.42. The Morgan fingerprint density at radius 3 is 2.59 bits per heavy atom. The number of anilines is 1. The van der Waals surface area contributed by atoms with Crippen LogP contribution in [0.1, 0.15) is 27.9 Å². The maximum atomic E-state index is 12.3. The third-order valence-corrected chi connectivity index (χ3v) is 3.95. The zero-order valence-corrected chi connectivity index (χ0v) is 16.0. The summed E-state index contributed by atoms with van der Waals surface area (Å²) >= 11 is 0. The van der Waals surface area contributed by atoms with Gasteiger partial charge in [0.15, 0.2) is 6.61 Å². The number of nitrogens with one attached hydrogen (secondary N) is 2. The van der Waals surface area contributed by atoms with Gasteiger partial charge in [-0.1, -0.05) is 29.8 Å². The second-order valence-electron chi connectivity index (χ2n) is 6.25. The standard InChI is InChI=1S/C21H26N2O4/c1-15-9-10-19(16(2)13-15)27-14-20(24)23-18-8-5-4-7-17(18)21(25)22-11-6-12-26-3/h4-5,7-10,13H,6,11-12,14H2,1-3H3,(H,22,25)(H,23,24). The van der Waals surface area contributed by atoms with Gasteiger partial charge in [-0.15, -0.1) is 0 Å². The molecule has 0 heterocycles. The monoisotopic (exact) mass is 370 g/mol. The van der Waals surface area contributed by atoms with Gasteiger partial charge < -0.3 is 20.1 Å². The van der Waals surface area contributed by atoms with Gasteiger partial charge in [0.05, 0.1) is 11.3 Å². The third-order valence-electron chi connectivity index (χ3n) is 3.95. The molecule has 0 saturated heterocycles. The van der Waals surface area contributed by atoms with E-state index in [0.717, 1.165) is 17.5 Å². The second-order valence-corrected chi connectivity index (χ2v) is 6.25. The van der Waals surface area contributed by atoms with E-state index in [1.54, 1.807) is 31.4 Å². The van der Waals surface area contributed by atoms with Crippen LogP contribution in [0.25, 0.3) is 0 Å². The highest BCUT2D eigenvalue weighted by atomic mass is 16.5. The molecule has 0 aliphatic rings. The minimum absolute atomic E-state index is 0.131. The highest BCUT2D eigenvalue weighted by Gasteiger charge is 2.13. The molecule has 0 aliphatic heterocycles. The molecule has 0 unspecified atom stereocenters. The van der Waals surface area contributed by atoms with E-state index < -0.39 is 0 Å². The van der Waals surface area contributed by atoms with Crippen molar-refractivity contribution < 1.29 is 19.1 Å². The zero-order chi connectivity index (χ0) is 19.6. The first-order chi connectivity index (χ1) is 13.0. The van der Waals surface area contributed by atoms with Crippen LogP contribution < -0.4 is 15.4 Å². The largest absolute Gasteiger partial charge is 0.483 e. The number of ether oxygens (including phenoxy) is 2. The number of carbonyl (C=O) groups excluding carboxylic acids is 2. The van der Waals surface area contributed by atoms with Gasteiger partial charge in [-0.05, 0) is 44.0 Å². The van der Waals surface area contributed by atoms with Crippen LogP contribution in [-0.2, 0) is 9.53 Å². The quantitative estimate of drug-likeness (QED) is 0.665. The molecule has 0 aliphatic carbocycles. The lowest BCUT2D eigenvalue weighted by atomic mass is 10.1. The Bertz CT molecular complexity index is 790. The molecule has 0 atom stereocenters. The Hall–Kier alpha value is -2.86. The van der Waals surface area contributed by atoms with E-state index in [4.69, 9.17) is 9.47 Å². The van der Waals surface area contributed by atoms with E-state index in [0.29, 0.717) is 30.2 Å². The Morgan fingerprint density at radius 2 is 1.85 bits per heavy atom. The fraction of sp³-hybridized carbons (Fsp3) is 0.333. The van der Waals surface area contributed by atoms with Crippen LogP contribution >= 0.6 is 0 Å². The molecule has 0 bridgehead atoms. The lowest BCUT2D eigenvalue weighted by Crippen LogP contribution is -2.27. The van der Waals surface area contributed by atoms with Gasteiger partial charge in [-0.2, -0.15) is 0 Å². The van der Waals surface area contributed by atoms with Gasteiger partial charge in [-0.25, -0.2) is 0 Å². The minimum atomic E-state index is -0.324. The molecule has 144 valence electrons. The summed E-state index contributed by atoms with van der Waals surface area (Å²) in [6, 6.07) is 12.7. The second kappa shape index (κ2) is 10.3. The number of methoxy groups -OCH3 is 1. The number of hydrogen-bond donors (Lipinski definition) is 2. The van der Waals surface area contributed by atoms with E-state index in [9.17, 15) is 9.59 Å². The summed E-state index contributed by atoms with van der Waals surface area (Å²) in [6.07, 6.45) is 0.723. The average molecular weight is 370 g/mol. The van der Waals surface area contributed by atoms with E-state index in [2.05, 4.69) is 10.6 Å². The number of carbonyl (C=O) groups is 2. The van der Waals surface area contributed by atoms with E-state index in [1.807, 2.05) is 32.0 Å². The van der Waals surface area contributed by atoms with Gasteiger partial charge in [0.1, 0.15) is 5.75 Å². The fourth-order valence-electron chi connectivity index (χ4n) is 2.59. The smallest absolute Gasteiger partial charge is 0.262 e. The summed E-state index contributed by atoms with van der Waals surface area (Å²) < 4.78 is 10.6. The lowest BCUT2D eigenvalue weighted by molar-refractivity contribution is -0.118. The van der Waals surface area contributed by atoms with E-state index >= 15 is 0 Å². The molecule has 6 heteroatoms. The Balaban J connectivity index is 1.94. The number of amides is 2. The summed E-state index contributed by atoms with van der Waals surface area (Å²) in [5.74, 6) is 0.104. The van der Waals surface area contributed by atoms with Gasteiger partial charge in [-0.3, -0.25) is 9.59 Å². The van der Waals surface area contributed by atoms with Crippen molar-refractivity contribution in [3.05, 3.63) is 59.2 Å². The Morgan fingerprint density at radius 1 is 1.07 bits per heavy atom. The molecule has 0 fully saturated rings. The zero-order valence-electron chi connectivity index (χ0n) is 16.0. The van der Waals surface area contributed by atoms with Crippen molar-refractivity contribution in [2.75, 3.05) is 32.2 Å². The molecule has 0 saturated carbocycles. The minimum Gasteiger partial charge on any atom is -0.483 e. The summed E-state index contributed by atoms with van der Waals surface area (Å²) in [5, 5.41) is 5.56. The maximum absolute atomic E-state index is 12.3. The lowest BCUT2D eigenvalue weighted by Gasteiger charge is -2.13. The van der Waals surface area contributed by atoms with Crippen molar-refractivity contribution in [2.45, 2.75) is 20.3 Å². The van der Waals surface area contributed by atoms with Crippen LogP contribution in [0.5, 0.6) is 5.75 Å². The van der Waals surface area contributed by atoms with Crippen LogP contribution in [-0.4, -0.2) is 38.7 Å². The van der Waals surface area contributed by atoms with Crippen molar-refractivity contribution in [3.63, 3.8) is 0 Å². The van der Waals surface area contributed by atoms with Crippen molar-refractivity contribution >= 4 is 17.5 Å². The topological polar surface area (TPSA) is 76.7 Å². The summed E-state index contributed by atoms with van der Waals surface area (Å²) in [5.41, 5.74) is 2.97. The van der Waals surface area contributed by atoms with Gasteiger partial charge in [0.25, 0.3) is 11.8 Å². The molecule has 2 rings (SSSR count). The van der Waals surface area contributed by atoms with Gasteiger partial charge in [0.2, 0.25) is 0 Å². The van der Waals surface area contributed by atoms with Crippen LogP contribution in [0.2, 0.25) is 0 Å². The first kappa shape index (κ1) is 20.5. The number of aryl methyl sites for hydroxylation is 2. The molecular formula is C21H26N2O4. The fourth-order valence-corrected chi connectivity index (χ4v) is 2.59. The number of para-hydroxylation sites is 1. The molecule has 2 N–H and O–H groups in total. The normalized spacial score (nSPS) is 10.3. The van der Waals surface area contributed by atoms with Gasteiger partial charge >= 0.3 is 0 Å². The van der Waals surface area contributed by atoms with Crippen LogP contribution in [0.3, 0.4) is 0 Å². The molecule has 6 nitrogen and oxygen atoms in total. The predicted molar refractivity (Wildman–Crippen MR) is 105 cm³/mol. The summed E-state index contributed by atoms with van der Waals surface area (Å²) in [7, 11) is 1.62. The number of rotatable bonds is 9. The van der Waals surface area contributed by atoms with Crippen LogP contribution in [0.4, 0.5) is 5.69 Å². The molecule has 0 radical (unpaired) electrons. The van der Waals surface area contributed by atoms with Crippen molar-refractivity contribution in [1.82, 2.24) is 5.32 Å². The highest BCUT2D eigenvalue weighted by molar-refractivity contribution is 6.04. The van der Waals surface area contributed by atoms with E-state index in [1.165, 1.54) is 0 Å². The summed E-state index contributed by atoms with van der Waals surface area (Å²) in [6.45, 7) is 4.89. The van der Waals surface area contributed by atoms with Crippen molar-refractivity contribution in [1.29, 1.82) is 0 Å². The van der Waals surface area contributed by atoms with Crippen LogP contribution in [0.15, 0.2) is 42.5 Å². The first-order valence-electron chi connectivity index (χ1n) is 8.87. The molecule has 0 aromatic heterocycles. The molecule has 2 aromatic rings. The van der Waals surface area contributed by atoms with Crippen molar-refractivity contribution in [3.8, 4) is 5.75 Å². The molecular weight excluding hydrogens is 344 g/mol. The highest BCUT2D eigenvalue weighted by Crippen LogP contribution is 2.19. The predicted octanol–water partition coefficient (Wildman–Crippen LogP) is 3.09. The number of benzene rings is 2. The number of hydrogen-bond acceptors (Lipinski definition) is 4. The average Bonchev–Trinajstić information content (AvgIpc) is 2.65. The summed E-state index contributed by atoms with van der Waals surface area (Å²) in [4.78, 5) is 24.6.